The maximum absolute atomic E-state index is 12.9. The van der Waals surface area contributed by atoms with Crippen LogP contribution in [-0.2, 0) is 17.8 Å². The molecule has 0 saturated heterocycles. The van der Waals surface area contributed by atoms with Crippen LogP contribution >= 0.6 is 22.9 Å². The van der Waals surface area contributed by atoms with E-state index in [9.17, 15) is 9.59 Å². The van der Waals surface area contributed by atoms with Crippen LogP contribution in [0.5, 0.6) is 0 Å². The number of hydrogen-bond acceptors (Lipinski definition) is 4. The molecule has 1 amide bonds. The van der Waals surface area contributed by atoms with Crippen LogP contribution in [0.2, 0.25) is 5.02 Å². The number of amides is 1. The largest absolute Gasteiger partial charge is 0.331 e. The number of anilines is 1. The highest BCUT2D eigenvalue weighted by Gasteiger charge is 2.14. The number of aromatic nitrogens is 2. The van der Waals surface area contributed by atoms with Gasteiger partial charge in [0.25, 0.3) is 0 Å². The molecule has 0 aliphatic heterocycles. The minimum absolute atomic E-state index is 0.0306. The molecule has 0 fully saturated rings. The summed E-state index contributed by atoms with van der Waals surface area (Å²) in [6.07, 6.45) is 2.41. The first-order chi connectivity index (χ1) is 15.6. The molecule has 3 aromatic carbocycles. The van der Waals surface area contributed by atoms with Crippen molar-refractivity contribution < 1.29 is 4.79 Å². The van der Waals surface area contributed by atoms with Gasteiger partial charge >= 0.3 is 0 Å². The topological polar surface area (TPSA) is 64.0 Å². The van der Waals surface area contributed by atoms with Crippen molar-refractivity contribution in [3.8, 4) is 0 Å². The summed E-state index contributed by atoms with van der Waals surface area (Å²) < 4.78 is 1.87. The van der Waals surface area contributed by atoms with Gasteiger partial charge in [0, 0.05) is 33.3 Å². The summed E-state index contributed by atoms with van der Waals surface area (Å²) in [5, 5.41) is 5.32. The van der Waals surface area contributed by atoms with E-state index in [1.807, 2.05) is 65.2 Å². The molecule has 0 saturated carbocycles. The minimum atomic E-state index is -0.206. The number of rotatable bonds is 5. The highest BCUT2D eigenvalue weighted by Crippen LogP contribution is 2.25. The summed E-state index contributed by atoms with van der Waals surface area (Å²) in [4.78, 5) is 31.1. The molecule has 32 heavy (non-hydrogen) atoms. The summed E-state index contributed by atoms with van der Waals surface area (Å²) in [6.45, 7) is 0.0702. The Morgan fingerprint density at radius 3 is 2.25 bits per heavy atom. The predicted molar refractivity (Wildman–Crippen MR) is 131 cm³/mol. The van der Waals surface area contributed by atoms with E-state index in [0.29, 0.717) is 27.3 Å². The number of fused-ring (bicyclic) bond motifs is 2. The Morgan fingerprint density at radius 1 is 0.938 bits per heavy atom. The number of carbonyl (C=O) groups excluding carboxylic acids is 1. The number of halogens is 1. The van der Waals surface area contributed by atoms with E-state index in [2.05, 4.69) is 10.3 Å². The first kappa shape index (κ1) is 20.4. The maximum atomic E-state index is 12.9. The molecule has 7 heteroatoms. The lowest BCUT2D eigenvalue weighted by atomic mass is 10.1. The predicted octanol–water partition coefficient (Wildman–Crippen LogP) is 5.49. The third-order valence-electron chi connectivity index (χ3n) is 5.30. The van der Waals surface area contributed by atoms with Gasteiger partial charge in [-0.2, -0.15) is 0 Å². The number of benzene rings is 3. The van der Waals surface area contributed by atoms with E-state index in [1.54, 1.807) is 18.3 Å². The average Bonchev–Trinajstić information content (AvgIpc) is 3.25. The van der Waals surface area contributed by atoms with Gasteiger partial charge in [-0.15, -0.1) is 11.3 Å². The normalized spacial score (nSPS) is 11.2. The van der Waals surface area contributed by atoms with Crippen molar-refractivity contribution in [2.24, 2.45) is 0 Å². The lowest BCUT2D eigenvalue weighted by molar-refractivity contribution is -0.116. The number of nitrogens with zero attached hydrogens (tertiary/aromatic N) is 2. The first-order valence-corrected chi connectivity index (χ1v) is 11.3. The summed E-state index contributed by atoms with van der Waals surface area (Å²) in [7, 11) is 0. The molecule has 0 unspecified atom stereocenters. The van der Waals surface area contributed by atoms with Gasteiger partial charge in [0.15, 0.2) is 10.6 Å². The number of nitrogens with one attached hydrogen (secondary N) is 1. The third kappa shape index (κ3) is 3.90. The van der Waals surface area contributed by atoms with Crippen LogP contribution < -0.4 is 10.7 Å². The summed E-state index contributed by atoms with van der Waals surface area (Å²) in [5.74, 6) is -0.206. The third-order valence-corrected chi connectivity index (χ3v) is 6.58. The standard InChI is InChI=1S/C25H18ClN3O2S/c26-20-10-4-1-7-16(20)13-17-14-27-25(32-17)28-23(30)15-29-21-11-5-2-8-18(21)24(31)19-9-3-6-12-22(19)29/h1-12,14H,13,15H2,(H,27,28,30). The molecule has 0 bridgehead atoms. The highest BCUT2D eigenvalue weighted by atomic mass is 35.5. The van der Waals surface area contributed by atoms with Crippen molar-refractivity contribution in [2.45, 2.75) is 13.0 Å². The quantitative estimate of drug-likeness (QED) is 0.353. The van der Waals surface area contributed by atoms with Crippen molar-refractivity contribution in [3.05, 3.63) is 105 Å². The summed E-state index contributed by atoms with van der Waals surface area (Å²) >= 11 is 7.68. The van der Waals surface area contributed by atoms with Crippen LogP contribution in [0.25, 0.3) is 21.8 Å². The minimum Gasteiger partial charge on any atom is -0.331 e. The number of para-hydroxylation sites is 2. The number of carbonyl (C=O) groups is 1. The van der Waals surface area contributed by atoms with Crippen molar-refractivity contribution >= 4 is 55.8 Å². The van der Waals surface area contributed by atoms with Crippen molar-refractivity contribution in [3.63, 3.8) is 0 Å². The van der Waals surface area contributed by atoms with Crippen molar-refractivity contribution in [1.82, 2.24) is 9.55 Å². The molecule has 0 aliphatic carbocycles. The SMILES string of the molecule is O=C(Cn1c2ccccc2c(=O)c2ccccc21)Nc1ncc(Cc2ccccc2Cl)s1. The average molecular weight is 460 g/mol. The highest BCUT2D eigenvalue weighted by molar-refractivity contribution is 7.15. The van der Waals surface area contributed by atoms with Gasteiger partial charge in [0.2, 0.25) is 5.91 Å². The monoisotopic (exact) mass is 459 g/mol. The Kier molecular flexibility index (Phi) is 5.47. The fourth-order valence-corrected chi connectivity index (χ4v) is 4.88. The second-order valence-corrected chi connectivity index (χ2v) is 8.92. The Bertz CT molecular complexity index is 1460. The van der Waals surface area contributed by atoms with Crippen LogP contribution in [0.4, 0.5) is 5.13 Å². The van der Waals surface area contributed by atoms with Gasteiger partial charge in [-0.3, -0.25) is 9.59 Å². The van der Waals surface area contributed by atoms with E-state index in [0.717, 1.165) is 21.5 Å². The molecule has 0 spiro atoms. The lowest BCUT2D eigenvalue weighted by Crippen LogP contribution is -2.21. The van der Waals surface area contributed by atoms with Crippen LogP contribution in [0.3, 0.4) is 0 Å². The zero-order chi connectivity index (χ0) is 22.1. The molecule has 2 aromatic heterocycles. The molecule has 0 radical (unpaired) electrons. The van der Waals surface area contributed by atoms with Crippen LogP contribution in [0.15, 0.2) is 83.8 Å². The Balaban J connectivity index is 1.41. The number of thiazole rings is 1. The van der Waals surface area contributed by atoms with Gasteiger partial charge in [0.05, 0.1) is 11.0 Å². The first-order valence-electron chi connectivity index (χ1n) is 10.1. The van der Waals surface area contributed by atoms with E-state index in [1.165, 1.54) is 11.3 Å². The van der Waals surface area contributed by atoms with E-state index in [4.69, 9.17) is 11.6 Å². The smallest absolute Gasteiger partial charge is 0.246 e. The van der Waals surface area contributed by atoms with Gasteiger partial charge < -0.3 is 9.88 Å². The van der Waals surface area contributed by atoms with Gasteiger partial charge in [-0.05, 0) is 35.9 Å². The molecule has 1 N–H and O–H groups in total. The molecular formula is C25H18ClN3O2S. The second kappa shape index (κ2) is 8.57. The number of pyridine rings is 1. The van der Waals surface area contributed by atoms with E-state index in [-0.39, 0.29) is 17.9 Å². The second-order valence-electron chi connectivity index (χ2n) is 7.40. The van der Waals surface area contributed by atoms with E-state index >= 15 is 0 Å². The Hall–Kier alpha value is -3.48. The van der Waals surface area contributed by atoms with Gasteiger partial charge in [-0.25, -0.2) is 4.98 Å². The Morgan fingerprint density at radius 2 is 1.56 bits per heavy atom. The fourth-order valence-electron chi connectivity index (χ4n) is 3.83. The zero-order valence-electron chi connectivity index (χ0n) is 16.9. The molecule has 158 valence electrons. The van der Waals surface area contributed by atoms with Crippen LogP contribution in [-0.4, -0.2) is 15.5 Å². The van der Waals surface area contributed by atoms with Crippen LogP contribution in [0.1, 0.15) is 10.4 Å². The fraction of sp³-hybridized carbons (Fsp3) is 0.0800. The zero-order valence-corrected chi connectivity index (χ0v) is 18.5. The molecule has 5 nitrogen and oxygen atoms in total. The maximum Gasteiger partial charge on any atom is 0.246 e. The summed E-state index contributed by atoms with van der Waals surface area (Å²) in [6, 6.07) is 22.4. The van der Waals surface area contributed by atoms with E-state index < -0.39 is 0 Å². The molecule has 5 rings (SSSR count). The van der Waals surface area contributed by atoms with Crippen molar-refractivity contribution in [2.75, 3.05) is 5.32 Å². The van der Waals surface area contributed by atoms with Gasteiger partial charge in [-0.1, -0.05) is 54.1 Å². The van der Waals surface area contributed by atoms with Crippen molar-refractivity contribution in [1.29, 1.82) is 0 Å². The molecule has 0 aliphatic rings. The number of hydrogen-bond donors (Lipinski definition) is 1. The summed E-state index contributed by atoms with van der Waals surface area (Å²) in [5.41, 5.74) is 2.44. The Labute approximate surface area is 192 Å². The molecule has 0 atom stereocenters. The van der Waals surface area contributed by atoms with Gasteiger partial charge in [0.1, 0.15) is 6.54 Å². The lowest BCUT2D eigenvalue weighted by Gasteiger charge is -2.14. The molecular weight excluding hydrogens is 442 g/mol. The molecule has 2 heterocycles. The molecule has 5 aromatic rings. The van der Waals surface area contributed by atoms with Crippen LogP contribution in [0, 0.1) is 0 Å².